The standard InChI is InChI=1S/C18H34O2/c1-7-9-11-13-14(12-10-8-2)20-16(19)15-17(3,4)18(15,5)6/h14-15H,7-13H2,1-6H3. The van der Waals surface area contributed by atoms with E-state index in [0.29, 0.717) is 0 Å². The molecule has 2 nitrogen and oxygen atoms in total. The number of unbranched alkanes of at least 4 members (excludes halogenated alkanes) is 3. The molecule has 0 spiro atoms. The molecule has 1 rings (SSSR count). The smallest absolute Gasteiger partial charge is 0.310 e. The minimum Gasteiger partial charge on any atom is -0.462 e. The van der Waals surface area contributed by atoms with Crippen molar-refractivity contribution in [1.82, 2.24) is 0 Å². The van der Waals surface area contributed by atoms with Gasteiger partial charge < -0.3 is 4.74 Å². The molecule has 118 valence electrons. The van der Waals surface area contributed by atoms with Gasteiger partial charge in [0.1, 0.15) is 6.10 Å². The number of hydrogen-bond acceptors (Lipinski definition) is 2. The molecule has 0 aromatic heterocycles. The highest BCUT2D eigenvalue weighted by Crippen LogP contribution is 2.68. The van der Waals surface area contributed by atoms with Gasteiger partial charge in [-0.15, -0.1) is 0 Å². The fourth-order valence-corrected chi connectivity index (χ4v) is 3.33. The molecule has 1 unspecified atom stereocenters. The highest BCUT2D eigenvalue weighted by molar-refractivity contribution is 5.79. The van der Waals surface area contributed by atoms with E-state index >= 15 is 0 Å². The molecule has 2 heteroatoms. The Kier molecular flexibility index (Phi) is 6.09. The van der Waals surface area contributed by atoms with Crippen LogP contribution in [0.25, 0.3) is 0 Å². The van der Waals surface area contributed by atoms with E-state index in [1.165, 1.54) is 25.7 Å². The van der Waals surface area contributed by atoms with E-state index in [1.807, 2.05) is 0 Å². The third kappa shape index (κ3) is 3.77. The van der Waals surface area contributed by atoms with Gasteiger partial charge in [0.15, 0.2) is 0 Å². The Labute approximate surface area is 125 Å². The molecule has 0 N–H and O–H groups in total. The van der Waals surface area contributed by atoms with E-state index in [2.05, 4.69) is 41.5 Å². The summed E-state index contributed by atoms with van der Waals surface area (Å²) in [7, 11) is 0. The van der Waals surface area contributed by atoms with Crippen molar-refractivity contribution >= 4 is 5.97 Å². The quantitative estimate of drug-likeness (QED) is 0.421. The second kappa shape index (κ2) is 6.95. The van der Waals surface area contributed by atoms with Crippen molar-refractivity contribution in [2.45, 2.75) is 92.6 Å². The van der Waals surface area contributed by atoms with Crippen LogP contribution in [-0.2, 0) is 9.53 Å². The SMILES string of the molecule is CCCCCC(CCCC)OC(=O)C1C(C)(C)C1(C)C. The first-order valence-electron chi connectivity index (χ1n) is 8.49. The molecule has 20 heavy (non-hydrogen) atoms. The molecule has 0 saturated heterocycles. The summed E-state index contributed by atoms with van der Waals surface area (Å²) in [6.07, 6.45) is 8.16. The van der Waals surface area contributed by atoms with Crippen LogP contribution in [0.3, 0.4) is 0 Å². The number of ether oxygens (including phenoxy) is 1. The van der Waals surface area contributed by atoms with Crippen molar-refractivity contribution in [3.8, 4) is 0 Å². The van der Waals surface area contributed by atoms with Gasteiger partial charge in [0.25, 0.3) is 0 Å². The van der Waals surface area contributed by atoms with Gasteiger partial charge in [-0.05, 0) is 30.1 Å². The van der Waals surface area contributed by atoms with Crippen LogP contribution < -0.4 is 0 Å². The van der Waals surface area contributed by atoms with Crippen molar-refractivity contribution in [3.63, 3.8) is 0 Å². The lowest BCUT2D eigenvalue weighted by atomic mass is 10.0. The molecule has 0 aromatic carbocycles. The summed E-state index contributed by atoms with van der Waals surface area (Å²) in [5.74, 6) is 0.114. The minimum absolute atomic E-state index is 0.0394. The Morgan fingerprint density at radius 2 is 1.45 bits per heavy atom. The third-order valence-corrected chi connectivity index (χ3v) is 5.55. The van der Waals surface area contributed by atoms with Crippen LogP contribution in [0.4, 0.5) is 0 Å². The van der Waals surface area contributed by atoms with Crippen molar-refractivity contribution in [3.05, 3.63) is 0 Å². The Bertz CT molecular complexity index is 303. The molecule has 0 aromatic rings. The van der Waals surface area contributed by atoms with E-state index in [9.17, 15) is 4.79 Å². The van der Waals surface area contributed by atoms with Crippen LogP contribution in [0.15, 0.2) is 0 Å². The Morgan fingerprint density at radius 1 is 0.950 bits per heavy atom. The summed E-state index contributed by atoms with van der Waals surface area (Å²) in [5.41, 5.74) is 0.172. The second-order valence-corrected chi connectivity index (χ2v) is 7.57. The fraction of sp³-hybridized carbons (Fsp3) is 0.944. The van der Waals surface area contributed by atoms with Crippen molar-refractivity contribution in [2.24, 2.45) is 16.7 Å². The summed E-state index contributed by atoms with van der Waals surface area (Å²) in [5, 5.41) is 0. The van der Waals surface area contributed by atoms with Crippen LogP contribution in [0, 0.1) is 16.7 Å². The minimum atomic E-state index is 0.0394. The van der Waals surface area contributed by atoms with Gasteiger partial charge in [0.2, 0.25) is 0 Å². The largest absolute Gasteiger partial charge is 0.462 e. The maximum absolute atomic E-state index is 12.4. The first kappa shape index (κ1) is 17.5. The monoisotopic (exact) mass is 282 g/mol. The Hall–Kier alpha value is -0.530. The average molecular weight is 282 g/mol. The zero-order valence-corrected chi connectivity index (χ0v) is 14.4. The van der Waals surface area contributed by atoms with E-state index in [-0.39, 0.29) is 28.8 Å². The maximum atomic E-state index is 12.4. The maximum Gasteiger partial charge on any atom is 0.310 e. The summed E-state index contributed by atoms with van der Waals surface area (Å²) < 4.78 is 5.86. The number of rotatable bonds is 9. The first-order valence-corrected chi connectivity index (χ1v) is 8.49. The number of hydrogen-bond donors (Lipinski definition) is 0. The Balaban J connectivity index is 2.50. The zero-order valence-electron chi connectivity index (χ0n) is 14.4. The number of carbonyl (C=O) groups excluding carboxylic acids is 1. The van der Waals surface area contributed by atoms with Gasteiger partial charge in [-0.1, -0.05) is 67.2 Å². The molecule has 1 aliphatic carbocycles. The molecule has 1 aliphatic rings. The van der Waals surface area contributed by atoms with Crippen LogP contribution in [-0.4, -0.2) is 12.1 Å². The van der Waals surface area contributed by atoms with E-state index in [0.717, 1.165) is 19.3 Å². The van der Waals surface area contributed by atoms with Crippen molar-refractivity contribution in [1.29, 1.82) is 0 Å². The predicted octanol–water partition coefficient (Wildman–Crippen LogP) is 5.35. The van der Waals surface area contributed by atoms with E-state index < -0.39 is 0 Å². The predicted molar refractivity (Wildman–Crippen MR) is 84.6 cm³/mol. The van der Waals surface area contributed by atoms with Gasteiger partial charge in [-0.2, -0.15) is 0 Å². The highest BCUT2D eigenvalue weighted by Gasteiger charge is 2.69. The molecule has 0 bridgehead atoms. The summed E-state index contributed by atoms with van der Waals surface area (Å²) in [6.45, 7) is 13.1. The summed E-state index contributed by atoms with van der Waals surface area (Å²) >= 11 is 0. The average Bonchev–Trinajstić information content (AvgIpc) is 2.76. The van der Waals surface area contributed by atoms with Crippen LogP contribution in [0.5, 0.6) is 0 Å². The first-order chi connectivity index (χ1) is 9.29. The fourth-order valence-electron chi connectivity index (χ4n) is 3.33. The van der Waals surface area contributed by atoms with Gasteiger partial charge in [0.05, 0.1) is 5.92 Å². The van der Waals surface area contributed by atoms with Gasteiger partial charge in [-0.25, -0.2) is 0 Å². The normalized spacial score (nSPS) is 21.5. The molecule has 0 aliphatic heterocycles. The van der Waals surface area contributed by atoms with Gasteiger partial charge in [-0.3, -0.25) is 4.79 Å². The molecule has 0 radical (unpaired) electrons. The summed E-state index contributed by atoms with van der Waals surface area (Å²) in [6, 6.07) is 0. The lowest BCUT2D eigenvalue weighted by Gasteiger charge is -2.18. The molecule has 1 saturated carbocycles. The molecule has 0 amide bonds. The zero-order chi connectivity index (χ0) is 15.4. The lowest BCUT2D eigenvalue weighted by Crippen LogP contribution is -2.21. The van der Waals surface area contributed by atoms with Crippen LogP contribution in [0.2, 0.25) is 0 Å². The molecule has 1 atom stereocenters. The van der Waals surface area contributed by atoms with Crippen LogP contribution >= 0.6 is 0 Å². The van der Waals surface area contributed by atoms with E-state index in [4.69, 9.17) is 4.74 Å². The molecular weight excluding hydrogens is 248 g/mol. The van der Waals surface area contributed by atoms with Crippen LogP contribution in [0.1, 0.15) is 86.5 Å². The van der Waals surface area contributed by atoms with Gasteiger partial charge in [0, 0.05) is 0 Å². The molecule has 1 fully saturated rings. The Morgan fingerprint density at radius 3 is 1.90 bits per heavy atom. The number of esters is 1. The highest BCUT2D eigenvalue weighted by atomic mass is 16.5. The summed E-state index contributed by atoms with van der Waals surface area (Å²) in [4.78, 5) is 12.4. The van der Waals surface area contributed by atoms with Crippen molar-refractivity contribution in [2.75, 3.05) is 0 Å². The molecule has 0 heterocycles. The molecular formula is C18H34O2. The van der Waals surface area contributed by atoms with Crippen molar-refractivity contribution < 1.29 is 9.53 Å². The lowest BCUT2D eigenvalue weighted by molar-refractivity contribution is -0.153. The van der Waals surface area contributed by atoms with Gasteiger partial charge >= 0.3 is 5.97 Å². The second-order valence-electron chi connectivity index (χ2n) is 7.57. The topological polar surface area (TPSA) is 26.3 Å². The number of carbonyl (C=O) groups is 1. The van der Waals surface area contributed by atoms with E-state index in [1.54, 1.807) is 0 Å². The third-order valence-electron chi connectivity index (χ3n) is 5.55.